The maximum atomic E-state index is 12.5. The quantitative estimate of drug-likeness (QED) is 0.804. The lowest BCUT2D eigenvalue weighted by atomic mass is 9.86. The summed E-state index contributed by atoms with van der Waals surface area (Å²) < 4.78 is 27.7. The van der Waals surface area contributed by atoms with E-state index in [9.17, 15) is 13.2 Å². The predicted octanol–water partition coefficient (Wildman–Crippen LogP) is 2.06. The average Bonchev–Trinajstić information content (AvgIpc) is 2.53. The van der Waals surface area contributed by atoms with E-state index >= 15 is 0 Å². The van der Waals surface area contributed by atoms with Gasteiger partial charge in [-0.25, -0.2) is 13.1 Å². The minimum Gasteiger partial charge on any atom is -0.341 e. The van der Waals surface area contributed by atoms with Crippen molar-refractivity contribution in [1.29, 1.82) is 0 Å². The molecule has 3 N–H and O–H groups in total. The highest BCUT2D eigenvalue weighted by Crippen LogP contribution is 2.21. The first-order valence-electron chi connectivity index (χ1n) is 8.64. The third-order valence-corrected chi connectivity index (χ3v) is 6.20. The van der Waals surface area contributed by atoms with Crippen LogP contribution in [-0.2, 0) is 14.8 Å². The van der Waals surface area contributed by atoms with Gasteiger partial charge in [0.25, 0.3) is 0 Å². The number of hydrogen-bond donors (Lipinski definition) is 2. The van der Waals surface area contributed by atoms with Gasteiger partial charge >= 0.3 is 0 Å². The molecule has 0 spiro atoms. The lowest BCUT2D eigenvalue weighted by Crippen LogP contribution is -2.54. The molecule has 0 saturated carbocycles. The molecule has 1 saturated heterocycles. The van der Waals surface area contributed by atoms with E-state index in [4.69, 9.17) is 5.73 Å². The Morgan fingerprint density at radius 1 is 1.19 bits per heavy atom. The van der Waals surface area contributed by atoms with Crippen molar-refractivity contribution < 1.29 is 13.2 Å². The maximum Gasteiger partial charge on any atom is 0.240 e. The minimum atomic E-state index is -3.53. The smallest absolute Gasteiger partial charge is 0.240 e. The van der Waals surface area contributed by atoms with Crippen molar-refractivity contribution in [3.05, 3.63) is 29.8 Å². The molecule has 1 atom stereocenters. The predicted molar refractivity (Wildman–Crippen MR) is 106 cm³/mol. The van der Waals surface area contributed by atoms with Gasteiger partial charge in [-0.05, 0) is 37.3 Å². The molecule has 1 amide bonds. The fraction of sp³-hybridized carbons (Fsp3) is 0.611. The van der Waals surface area contributed by atoms with Crippen molar-refractivity contribution in [3.8, 4) is 0 Å². The summed E-state index contributed by atoms with van der Waals surface area (Å²) in [5.74, 6) is -0.0626. The molecule has 0 unspecified atom stereocenters. The number of amides is 1. The summed E-state index contributed by atoms with van der Waals surface area (Å²) in [6.45, 7) is 8.78. The van der Waals surface area contributed by atoms with Crippen LogP contribution >= 0.6 is 12.4 Å². The molecular weight excluding hydrogens is 374 g/mol. The van der Waals surface area contributed by atoms with Crippen LogP contribution in [-0.4, -0.2) is 44.4 Å². The summed E-state index contributed by atoms with van der Waals surface area (Å²) in [6, 6.07) is 6.07. The molecule has 148 valence electrons. The highest BCUT2D eigenvalue weighted by atomic mass is 35.5. The van der Waals surface area contributed by atoms with E-state index in [1.807, 2.05) is 27.7 Å². The SMILES string of the molecule is Cc1ccc(S(=O)(=O)NC2CCN(C(=O)[C@@H](N)C(C)(C)C)CC2)cc1.Cl. The molecule has 1 aromatic rings. The molecule has 0 radical (unpaired) electrons. The van der Waals surface area contributed by atoms with Gasteiger partial charge in [0.2, 0.25) is 15.9 Å². The lowest BCUT2D eigenvalue weighted by Gasteiger charge is -2.36. The Hall–Kier alpha value is -1.15. The van der Waals surface area contributed by atoms with Crippen LogP contribution in [0.25, 0.3) is 0 Å². The van der Waals surface area contributed by atoms with Crippen LogP contribution in [0.3, 0.4) is 0 Å². The third kappa shape index (κ3) is 5.67. The number of nitrogens with zero attached hydrogens (tertiary/aromatic N) is 1. The number of halogens is 1. The molecule has 2 rings (SSSR count). The van der Waals surface area contributed by atoms with E-state index in [1.54, 1.807) is 29.2 Å². The van der Waals surface area contributed by atoms with Gasteiger partial charge in [-0.3, -0.25) is 4.79 Å². The lowest BCUT2D eigenvalue weighted by molar-refractivity contribution is -0.136. The zero-order valence-corrected chi connectivity index (χ0v) is 17.5. The van der Waals surface area contributed by atoms with Crippen LogP contribution in [0.1, 0.15) is 39.2 Å². The topological polar surface area (TPSA) is 92.5 Å². The number of nitrogens with one attached hydrogen (secondary N) is 1. The van der Waals surface area contributed by atoms with Crippen LogP contribution < -0.4 is 10.5 Å². The Kier molecular flexibility index (Phi) is 7.65. The Morgan fingerprint density at radius 3 is 2.15 bits per heavy atom. The van der Waals surface area contributed by atoms with E-state index in [1.165, 1.54) is 0 Å². The van der Waals surface area contributed by atoms with Gasteiger partial charge in [0.15, 0.2) is 0 Å². The van der Waals surface area contributed by atoms with Crippen LogP contribution in [0.2, 0.25) is 0 Å². The summed E-state index contributed by atoms with van der Waals surface area (Å²) in [4.78, 5) is 14.5. The maximum absolute atomic E-state index is 12.5. The number of benzene rings is 1. The van der Waals surface area contributed by atoms with Crippen LogP contribution in [0.5, 0.6) is 0 Å². The van der Waals surface area contributed by atoms with Crippen molar-refractivity contribution >= 4 is 28.3 Å². The normalized spacial score (nSPS) is 17.5. The zero-order chi connectivity index (χ0) is 18.8. The summed E-state index contributed by atoms with van der Waals surface area (Å²) in [6.07, 6.45) is 1.18. The summed E-state index contributed by atoms with van der Waals surface area (Å²) >= 11 is 0. The molecule has 8 heteroatoms. The molecule has 1 aliphatic heterocycles. The third-order valence-electron chi connectivity index (χ3n) is 4.66. The molecule has 0 aromatic heterocycles. The van der Waals surface area contributed by atoms with E-state index in [0.29, 0.717) is 25.9 Å². The van der Waals surface area contributed by atoms with Crippen molar-refractivity contribution in [2.75, 3.05) is 13.1 Å². The Morgan fingerprint density at radius 2 is 1.69 bits per heavy atom. The second kappa shape index (κ2) is 8.69. The fourth-order valence-electron chi connectivity index (χ4n) is 2.79. The Labute approximate surface area is 163 Å². The van der Waals surface area contributed by atoms with E-state index in [-0.39, 0.29) is 34.7 Å². The summed E-state index contributed by atoms with van der Waals surface area (Å²) in [5.41, 5.74) is 6.77. The number of hydrogen-bond acceptors (Lipinski definition) is 4. The minimum absolute atomic E-state index is 0. The van der Waals surface area contributed by atoms with Crippen molar-refractivity contribution in [2.24, 2.45) is 11.1 Å². The number of aryl methyl sites for hydroxylation is 1. The standard InChI is InChI=1S/C18H29N3O3S.ClH/c1-13-5-7-15(8-6-13)25(23,24)20-14-9-11-21(12-10-14)17(22)16(19)18(2,3)4;/h5-8,14,16,20H,9-12,19H2,1-4H3;1H/t16-;/m1./s1. The highest BCUT2D eigenvalue weighted by Gasteiger charge is 2.33. The van der Waals surface area contributed by atoms with Gasteiger partial charge in [-0.1, -0.05) is 38.5 Å². The van der Waals surface area contributed by atoms with E-state index < -0.39 is 16.1 Å². The summed E-state index contributed by atoms with van der Waals surface area (Å²) in [7, 11) is -3.53. The Balaban J connectivity index is 0.00000338. The molecule has 1 heterocycles. The molecule has 0 bridgehead atoms. The van der Waals surface area contributed by atoms with Gasteiger partial charge in [0.05, 0.1) is 10.9 Å². The van der Waals surface area contributed by atoms with Gasteiger partial charge in [-0.2, -0.15) is 0 Å². The van der Waals surface area contributed by atoms with Crippen molar-refractivity contribution in [3.63, 3.8) is 0 Å². The monoisotopic (exact) mass is 403 g/mol. The van der Waals surface area contributed by atoms with Gasteiger partial charge in [-0.15, -0.1) is 12.4 Å². The van der Waals surface area contributed by atoms with Crippen LogP contribution in [0, 0.1) is 12.3 Å². The largest absolute Gasteiger partial charge is 0.341 e. The molecule has 1 aromatic carbocycles. The molecule has 6 nitrogen and oxygen atoms in total. The first-order valence-corrected chi connectivity index (χ1v) is 10.1. The van der Waals surface area contributed by atoms with Gasteiger partial charge < -0.3 is 10.6 Å². The van der Waals surface area contributed by atoms with E-state index in [0.717, 1.165) is 5.56 Å². The number of sulfonamides is 1. The molecule has 26 heavy (non-hydrogen) atoms. The molecule has 1 fully saturated rings. The number of carbonyl (C=O) groups excluding carboxylic acids is 1. The number of nitrogens with two attached hydrogens (primary N) is 1. The van der Waals surface area contributed by atoms with Gasteiger partial charge in [0, 0.05) is 19.1 Å². The zero-order valence-electron chi connectivity index (χ0n) is 15.9. The highest BCUT2D eigenvalue weighted by molar-refractivity contribution is 7.89. The van der Waals surface area contributed by atoms with Crippen molar-refractivity contribution in [1.82, 2.24) is 9.62 Å². The van der Waals surface area contributed by atoms with E-state index in [2.05, 4.69) is 4.72 Å². The number of rotatable bonds is 4. The number of carbonyl (C=O) groups is 1. The second-order valence-corrected chi connectivity index (χ2v) is 9.59. The molecule has 1 aliphatic rings. The number of piperidine rings is 1. The second-order valence-electron chi connectivity index (χ2n) is 7.88. The van der Waals surface area contributed by atoms with Gasteiger partial charge in [0.1, 0.15) is 0 Å². The van der Waals surface area contributed by atoms with Crippen LogP contribution in [0.4, 0.5) is 0 Å². The fourth-order valence-corrected chi connectivity index (χ4v) is 4.09. The first-order chi connectivity index (χ1) is 11.5. The Bertz CT molecular complexity index is 706. The van der Waals surface area contributed by atoms with Crippen LogP contribution in [0.15, 0.2) is 29.2 Å². The molecular formula is C18H30ClN3O3S. The summed E-state index contributed by atoms with van der Waals surface area (Å²) in [5, 5.41) is 0. The van der Waals surface area contributed by atoms with Crippen molar-refractivity contribution in [2.45, 2.75) is 57.5 Å². The average molecular weight is 404 g/mol. The number of likely N-dealkylation sites (tertiary alicyclic amines) is 1. The first kappa shape index (κ1) is 22.9. The molecule has 0 aliphatic carbocycles.